The number of nitrogens with zero attached hydrogens (tertiary/aromatic N) is 5. The number of nitriles is 1. The molecule has 1 fully saturated rings. The molecule has 2 aliphatic rings. The van der Waals surface area contributed by atoms with E-state index in [1.54, 1.807) is 11.3 Å². The van der Waals surface area contributed by atoms with E-state index in [0.717, 1.165) is 98.9 Å². The minimum absolute atomic E-state index is 0.0118. The van der Waals surface area contributed by atoms with Gasteiger partial charge in [-0.15, -0.1) is 11.3 Å². The van der Waals surface area contributed by atoms with Crippen LogP contribution in [0.1, 0.15) is 65.9 Å². The van der Waals surface area contributed by atoms with Gasteiger partial charge in [0.1, 0.15) is 22.5 Å². The Morgan fingerprint density at radius 1 is 1.33 bits per heavy atom. The van der Waals surface area contributed by atoms with Gasteiger partial charge < -0.3 is 20.5 Å². The Balaban J connectivity index is 1.55. The van der Waals surface area contributed by atoms with Crippen LogP contribution in [0.15, 0.2) is 16.8 Å². The Kier molecular flexibility index (Phi) is 6.29. The molecule has 8 nitrogen and oxygen atoms in total. The zero-order chi connectivity index (χ0) is 22.8. The van der Waals surface area contributed by atoms with Crippen LogP contribution in [-0.4, -0.2) is 41.3 Å². The highest BCUT2D eigenvalue weighted by Crippen LogP contribution is 2.46. The number of fused-ring (bicyclic) bond motifs is 1. The maximum Gasteiger partial charge on any atom is 0.225 e. The summed E-state index contributed by atoms with van der Waals surface area (Å²) in [5.74, 6) is 1.61. The van der Waals surface area contributed by atoms with E-state index in [0.29, 0.717) is 10.6 Å². The van der Waals surface area contributed by atoms with Crippen molar-refractivity contribution in [2.45, 2.75) is 51.4 Å². The number of nitrogens with two attached hydrogens (primary N) is 1. The van der Waals surface area contributed by atoms with E-state index in [-0.39, 0.29) is 5.92 Å². The monoisotopic (exact) mass is 463 g/mol. The number of aromatic nitrogens is 3. The first-order chi connectivity index (χ1) is 16.2. The number of hydrogen-bond donors (Lipinski definition) is 2. The van der Waals surface area contributed by atoms with Gasteiger partial charge in [-0.05, 0) is 50.3 Å². The molecule has 4 heterocycles. The van der Waals surface area contributed by atoms with Gasteiger partial charge in [-0.1, -0.05) is 18.5 Å². The van der Waals surface area contributed by atoms with Crippen molar-refractivity contribution < 1.29 is 4.52 Å². The molecule has 0 aromatic carbocycles. The summed E-state index contributed by atoms with van der Waals surface area (Å²) in [5, 5.41) is 18.3. The molecule has 1 unspecified atom stereocenters. The number of thiophene rings is 1. The van der Waals surface area contributed by atoms with Crippen molar-refractivity contribution >= 4 is 22.3 Å². The lowest BCUT2D eigenvalue weighted by atomic mass is 9.81. The highest BCUT2D eigenvalue weighted by atomic mass is 32.1. The summed E-state index contributed by atoms with van der Waals surface area (Å²) in [6.07, 6.45) is 7.63. The molecule has 1 aliphatic carbocycles. The predicted molar refractivity (Wildman–Crippen MR) is 129 cm³/mol. The molecule has 0 radical (unpaired) electrons. The second-order valence-electron chi connectivity index (χ2n) is 8.69. The van der Waals surface area contributed by atoms with E-state index in [9.17, 15) is 5.26 Å². The number of nitrogen functional groups attached to an aromatic ring is 1. The molecule has 9 heteroatoms. The van der Waals surface area contributed by atoms with Crippen molar-refractivity contribution in [2.75, 3.05) is 36.8 Å². The summed E-state index contributed by atoms with van der Waals surface area (Å²) < 4.78 is 6.03. The first kappa shape index (κ1) is 21.9. The van der Waals surface area contributed by atoms with Gasteiger partial charge in [0.15, 0.2) is 0 Å². The van der Waals surface area contributed by atoms with Gasteiger partial charge in [0.25, 0.3) is 0 Å². The van der Waals surface area contributed by atoms with Crippen LogP contribution in [0, 0.1) is 11.3 Å². The molecule has 1 saturated heterocycles. The minimum Gasteiger partial charge on any atom is -0.389 e. The maximum absolute atomic E-state index is 9.76. The van der Waals surface area contributed by atoms with Gasteiger partial charge in [0.2, 0.25) is 5.95 Å². The highest BCUT2D eigenvalue weighted by Gasteiger charge is 2.34. The van der Waals surface area contributed by atoms with Crippen molar-refractivity contribution in [2.24, 2.45) is 0 Å². The van der Waals surface area contributed by atoms with Crippen LogP contribution in [0.2, 0.25) is 0 Å². The van der Waals surface area contributed by atoms with Crippen LogP contribution in [0.3, 0.4) is 0 Å². The van der Waals surface area contributed by atoms with Gasteiger partial charge in [0, 0.05) is 42.2 Å². The molecular weight excluding hydrogens is 434 g/mol. The van der Waals surface area contributed by atoms with E-state index < -0.39 is 0 Å². The fraction of sp³-hybridized carbons (Fsp3) is 0.500. The lowest BCUT2D eigenvalue weighted by molar-refractivity contribution is 0.360. The summed E-state index contributed by atoms with van der Waals surface area (Å²) in [6, 6.07) is 4.25. The smallest absolute Gasteiger partial charge is 0.225 e. The molecular formula is C24H29N7OS. The van der Waals surface area contributed by atoms with Crippen molar-refractivity contribution in [1.82, 2.24) is 20.4 Å². The molecule has 3 N–H and O–H groups in total. The number of anilines is 2. The van der Waals surface area contributed by atoms with Crippen LogP contribution >= 0.6 is 11.3 Å². The van der Waals surface area contributed by atoms with Crippen molar-refractivity contribution in [3.8, 4) is 17.5 Å². The van der Waals surface area contributed by atoms with E-state index >= 15 is 0 Å². The van der Waals surface area contributed by atoms with Gasteiger partial charge in [0.05, 0.1) is 11.3 Å². The Hall–Kier alpha value is -2.96. The van der Waals surface area contributed by atoms with E-state index in [4.69, 9.17) is 15.2 Å². The summed E-state index contributed by atoms with van der Waals surface area (Å²) in [7, 11) is 0. The third-order valence-electron chi connectivity index (χ3n) is 6.55. The second kappa shape index (κ2) is 9.49. The first-order valence-electron chi connectivity index (χ1n) is 11.8. The molecule has 172 valence electrons. The molecule has 0 saturated carbocycles. The summed E-state index contributed by atoms with van der Waals surface area (Å²) in [5.41, 5.74) is 10.5. The normalized spacial score (nSPS) is 18.5. The van der Waals surface area contributed by atoms with Crippen LogP contribution in [-0.2, 0) is 12.8 Å². The highest BCUT2D eigenvalue weighted by molar-refractivity contribution is 7.16. The van der Waals surface area contributed by atoms with Crippen LogP contribution < -0.4 is 16.0 Å². The van der Waals surface area contributed by atoms with Crippen molar-refractivity contribution in [3.05, 3.63) is 39.6 Å². The third kappa shape index (κ3) is 4.09. The summed E-state index contributed by atoms with van der Waals surface area (Å²) in [4.78, 5) is 12.9. The zero-order valence-corrected chi connectivity index (χ0v) is 19.7. The van der Waals surface area contributed by atoms with E-state index in [2.05, 4.69) is 33.4 Å². The standard InChI is InChI=1S/C24H29N7OS/c1-2-5-16-21(18-8-10-28-24(29-18)31-12-4-9-27-11-13-31)30-32-22(16)15-6-3-7-19-20(15)17(14-25)23(26)33-19/h8,10,15,27H,2-7,9,11-13,26H2,1H3. The van der Waals surface area contributed by atoms with Gasteiger partial charge in [-0.3, -0.25) is 0 Å². The topological polar surface area (TPSA) is 117 Å². The largest absolute Gasteiger partial charge is 0.389 e. The molecule has 0 spiro atoms. The minimum atomic E-state index is 0.0118. The van der Waals surface area contributed by atoms with Gasteiger partial charge in [-0.2, -0.15) is 5.26 Å². The fourth-order valence-electron chi connectivity index (χ4n) is 5.02. The Morgan fingerprint density at radius 2 is 2.24 bits per heavy atom. The molecule has 1 atom stereocenters. The molecule has 3 aromatic rings. The van der Waals surface area contributed by atoms with Gasteiger partial charge in [-0.25, -0.2) is 9.97 Å². The Morgan fingerprint density at radius 3 is 3.09 bits per heavy atom. The van der Waals surface area contributed by atoms with Crippen molar-refractivity contribution in [1.29, 1.82) is 5.26 Å². The lowest BCUT2D eigenvalue weighted by Gasteiger charge is -2.22. The lowest BCUT2D eigenvalue weighted by Crippen LogP contribution is -2.29. The summed E-state index contributed by atoms with van der Waals surface area (Å²) in [6.45, 7) is 5.93. The van der Waals surface area contributed by atoms with E-state index in [1.165, 1.54) is 4.88 Å². The Bertz CT molecular complexity index is 1170. The van der Waals surface area contributed by atoms with Crippen LogP contribution in [0.5, 0.6) is 0 Å². The molecule has 5 rings (SSSR count). The number of rotatable bonds is 5. The zero-order valence-electron chi connectivity index (χ0n) is 18.9. The second-order valence-corrected chi connectivity index (χ2v) is 9.83. The SMILES string of the molecule is CCCc1c(-c2ccnc(N3CCCNCC3)n2)noc1C1CCCc2sc(N)c(C#N)c21. The third-order valence-corrected chi connectivity index (χ3v) is 7.64. The van der Waals surface area contributed by atoms with Crippen LogP contribution in [0.4, 0.5) is 10.9 Å². The summed E-state index contributed by atoms with van der Waals surface area (Å²) >= 11 is 1.54. The molecule has 33 heavy (non-hydrogen) atoms. The quantitative estimate of drug-likeness (QED) is 0.586. The molecule has 0 amide bonds. The van der Waals surface area contributed by atoms with Crippen molar-refractivity contribution in [3.63, 3.8) is 0 Å². The number of aryl methyl sites for hydroxylation is 1. The Labute approximate surface area is 197 Å². The van der Waals surface area contributed by atoms with Gasteiger partial charge >= 0.3 is 0 Å². The predicted octanol–water partition coefficient (Wildman–Crippen LogP) is 3.87. The number of nitrogens with one attached hydrogen (secondary N) is 1. The molecule has 3 aromatic heterocycles. The fourth-order valence-corrected chi connectivity index (χ4v) is 6.14. The number of hydrogen-bond acceptors (Lipinski definition) is 9. The molecule has 0 bridgehead atoms. The van der Waals surface area contributed by atoms with Crippen LogP contribution in [0.25, 0.3) is 11.4 Å². The molecule has 1 aliphatic heterocycles. The average Bonchev–Trinajstić information content (AvgIpc) is 3.27. The first-order valence-corrected chi connectivity index (χ1v) is 12.6. The maximum atomic E-state index is 9.76. The average molecular weight is 464 g/mol. The van der Waals surface area contributed by atoms with E-state index in [1.807, 2.05) is 12.3 Å².